The van der Waals surface area contributed by atoms with Gasteiger partial charge in [-0.05, 0) is 25.3 Å². The van der Waals surface area contributed by atoms with E-state index in [2.05, 4.69) is 15.5 Å². The summed E-state index contributed by atoms with van der Waals surface area (Å²) in [6.45, 7) is 0. The van der Waals surface area contributed by atoms with Crippen LogP contribution in [0.2, 0.25) is 0 Å². The number of rotatable bonds is 2. The lowest BCUT2D eigenvalue weighted by Gasteiger charge is -2.32. The van der Waals surface area contributed by atoms with Gasteiger partial charge >= 0.3 is 0 Å². The molecule has 0 atom stereocenters. The van der Waals surface area contributed by atoms with Crippen molar-refractivity contribution in [3.05, 3.63) is 22.5 Å². The van der Waals surface area contributed by atoms with Crippen LogP contribution in [0, 0.1) is 16.7 Å². The standard InChI is InChI=1S/C10H10N4O2/c11-6-10(4-1-5-10)9(16)12-7-2-3-8(15)14-13-7/h2-3H,1,4-5H2,(H,14,15)(H,12,13,16). The zero-order chi connectivity index (χ0) is 11.6. The molecule has 6 heteroatoms. The molecule has 16 heavy (non-hydrogen) atoms. The summed E-state index contributed by atoms with van der Waals surface area (Å²) in [5.74, 6) is -0.0908. The molecule has 1 aliphatic carbocycles. The summed E-state index contributed by atoms with van der Waals surface area (Å²) in [6, 6.07) is 4.70. The molecule has 0 saturated heterocycles. The summed E-state index contributed by atoms with van der Waals surface area (Å²) in [5, 5.41) is 17.3. The second-order valence-electron chi connectivity index (χ2n) is 3.81. The van der Waals surface area contributed by atoms with E-state index in [4.69, 9.17) is 5.26 Å². The number of aromatic amines is 1. The first-order valence-electron chi connectivity index (χ1n) is 4.95. The largest absolute Gasteiger partial charge is 0.308 e. The van der Waals surface area contributed by atoms with Crippen LogP contribution in [0.1, 0.15) is 19.3 Å². The predicted molar refractivity (Wildman–Crippen MR) is 55.4 cm³/mol. The van der Waals surface area contributed by atoms with Gasteiger partial charge in [-0.1, -0.05) is 0 Å². The summed E-state index contributed by atoms with van der Waals surface area (Å²) in [6.07, 6.45) is 2.05. The van der Waals surface area contributed by atoms with Crippen LogP contribution in [0.4, 0.5) is 5.82 Å². The van der Waals surface area contributed by atoms with Gasteiger partial charge in [-0.3, -0.25) is 9.59 Å². The number of carbonyl (C=O) groups is 1. The van der Waals surface area contributed by atoms with E-state index in [1.807, 2.05) is 6.07 Å². The number of aromatic nitrogens is 2. The van der Waals surface area contributed by atoms with E-state index in [9.17, 15) is 9.59 Å². The molecule has 1 saturated carbocycles. The molecule has 1 aliphatic rings. The first kappa shape index (κ1) is 10.4. The summed E-state index contributed by atoms with van der Waals surface area (Å²) in [4.78, 5) is 22.5. The molecule has 0 spiro atoms. The molecule has 0 aliphatic heterocycles. The Balaban J connectivity index is 2.11. The number of amides is 1. The molecule has 1 aromatic rings. The van der Waals surface area contributed by atoms with Crippen molar-refractivity contribution in [2.45, 2.75) is 19.3 Å². The zero-order valence-corrected chi connectivity index (χ0v) is 8.49. The van der Waals surface area contributed by atoms with Crippen LogP contribution in [0.15, 0.2) is 16.9 Å². The molecule has 82 valence electrons. The van der Waals surface area contributed by atoms with Crippen molar-refractivity contribution in [3.63, 3.8) is 0 Å². The maximum Gasteiger partial charge on any atom is 0.264 e. The maximum atomic E-state index is 11.8. The highest BCUT2D eigenvalue weighted by atomic mass is 16.2. The Morgan fingerprint density at radius 2 is 2.31 bits per heavy atom. The van der Waals surface area contributed by atoms with Crippen LogP contribution in [0.3, 0.4) is 0 Å². The van der Waals surface area contributed by atoms with Crippen molar-refractivity contribution in [3.8, 4) is 6.07 Å². The molecular weight excluding hydrogens is 208 g/mol. The smallest absolute Gasteiger partial charge is 0.264 e. The number of anilines is 1. The van der Waals surface area contributed by atoms with Crippen molar-refractivity contribution in [1.29, 1.82) is 5.26 Å². The molecule has 1 amide bonds. The Labute approximate surface area is 91.3 Å². The van der Waals surface area contributed by atoms with E-state index < -0.39 is 5.41 Å². The summed E-state index contributed by atoms with van der Waals surface area (Å²) in [7, 11) is 0. The Hall–Kier alpha value is -2.16. The van der Waals surface area contributed by atoms with E-state index in [0.717, 1.165) is 6.42 Å². The van der Waals surface area contributed by atoms with Gasteiger partial charge in [0, 0.05) is 6.07 Å². The van der Waals surface area contributed by atoms with Crippen LogP contribution in [0.25, 0.3) is 0 Å². The van der Waals surface area contributed by atoms with Crippen molar-refractivity contribution >= 4 is 11.7 Å². The number of carbonyl (C=O) groups excluding carboxylic acids is 1. The quantitative estimate of drug-likeness (QED) is 0.750. The average Bonchev–Trinajstić information content (AvgIpc) is 2.21. The monoisotopic (exact) mass is 218 g/mol. The normalized spacial score (nSPS) is 16.9. The average molecular weight is 218 g/mol. The SMILES string of the molecule is N#CC1(C(=O)Nc2ccc(=O)[nH]n2)CCC1. The Morgan fingerprint density at radius 1 is 1.56 bits per heavy atom. The minimum atomic E-state index is -0.905. The summed E-state index contributed by atoms with van der Waals surface area (Å²) in [5.41, 5.74) is -1.24. The van der Waals surface area contributed by atoms with Gasteiger partial charge < -0.3 is 5.32 Å². The van der Waals surface area contributed by atoms with Gasteiger partial charge in [0.2, 0.25) is 5.91 Å². The number of hydrogen-bond donors (Lipinski definition) is 2. The molecule has 0 bridgehead atoms. The molecule has 6 nitrogen and oxygen atoms in total. The lowest BCUT2D eigenvalue weighted by molar-refractivity contribution is -0.126. The molecule has 0 unspecified atom stereocenters. The van der Waals surface area contributed by atoms with E-state index in [1.54, 1.807) is 0 Å². The van der Waals surface area contributed by atoms with Crippen LogP contribution in [-0.2, 0) is 4.79 Å². The number of nitriles is 1. The number of hydrogen-bond acceptors (Lipinski definition) is 4. The highest BCUT2D eigenvalue weighted by Crippen LogP contribution is 2.40. The Bertz CT molecular complexity index is 490. The minimum absolute atomic E-state index is 0.256. The second kappa shape index (κ2) is 3.77. The lowest BCUT2D eigenvalue weighted by Crippen LogP contribution is -2.40. The number of nitrogens with one attached hydrogen (secondary N) is 2. The first-order chi connectivity index (χ1) is 7.66. The fourth-order valence-corrected chi connectivity index (χ4v) is 1.57. The molecule has 1 fully saturated rings. The lowest BCUT2D eigenvalue weighted by atomic mass is 9.69. The summed E-state index contributed by atoms with van der Waals surface area (Å²) >= 11 is 0. The van der Waals surface area contributed by atoms with Gasteiger partial charge in [-0.2, -0.15) is 10.4 Å². The predicted octanol–water partition coefficient (Wildman–Crippen LogP) is 0.402. The van der Waals surface area contributed by atoms with Gasteiger partial charge in [0.25, 0.3) is 5.56 Å². The fourth-order valence-electron chi connectivity index (χ4n) is 1.57. The van der Waals surface area contributed by atoms with E-state index >= 15 is 0 Å². The third-order valence-electron chi connectivity index (χ3n) is 2.78. The van der Waals surface area contributed by atoms with Crippen LogP contribution in [-0.4, -0.2) is 16.1 Å². The maximum absolute atomic E-state index is 11.8. The minimum Gasteiger partial charge on any atom is -0.308 e. The van der Waals surface area contributed by atoms with E-state index in [0.29, 0.717) is 12.8 Å². The van der Waals surface area contributed by atoms with Crippen LogP contribution < -0.4 is 10.9 Å². The van der Waals surface area contributed by atoms with E-state index in [1.165, 1.54) is 12.1 Å². The zero-order valence-electron chi connectivity index (χ0n) is 8.49. The van der Waals surface area contributed by atoms with Gasteiger partial charge in [0.15, 0.2) is 5.82 Å². The highest BCUT2D eigenvalue weighted by Gasteiger charge is 2.44. The summed E-state index contributed by atoms with van der Waals surface area (Å²) < 4.78 is 0. The molecule has 1 heterocycles. The van der Waals surface area contributed by atoms with E-state index in [-0.39, 0.29) is 17.3 Å². The van der Waals surface area contributed by atoms with Gasteiger partial charge in [-0.25, -0.2) is 5.10 Å². The first-order valence-corrected chi connectivity index (χ1v) is 4.95. The highest BCUT2D eigenvalue weighted by molar-refractivity contribution is 5.97. The molecule has 1 aromatic heterocycles. The third-order valence-corrected chi connectivity index (χ3v) is 2.78. The molecule has 0 radical (unpaired) electrons. The van der Waals surface area contributed by atoms with Crippen LogP contribution >= 0.6 is 0 Å². The van der Waals surface area contributed by atoms with Crippen molar-refractivity contribution in [2.24, 2.45) is 5.41 Å². The molecule has 2 N–H and O–H groups in total. The van der Waals surface area contributed by atoms with Crippen LogP contribution in [0.5, 0.6) is 0 Å². The second-order valence-corrected chi connectivity index (χ2v) is 3.81. The van der Waals surface area contributed by atoms with Crippen molar-refractivity contribution in [2.75, 3.05) is 5.32 Å². The third kappa shape index (κ3) is 1.67. The Morgan fingerprint density at radius 3 is 2.75 bits per heavy atom. The van der Waals surface area contributed by atoms with Gasteiger partial charge in [0.1, 0.15) is 5.41 Å². The fraction of sp³-hybridized carbons (Fsp3) is 0.400. The van der Waals surface area contributed by atoms with Gasteiger partial charge in [0.05, 0.1) is 6.07 Å². The van der Waals surface area contributed by atoms with Gasteiger partial charge in [-0.15, -0.1) is 0 Å². The topological polar surface area (TPSA) is 98.6 Å². The Kier molecular flexibility index (Phi) is 2.44. The molecule has 2 rings (SSSR count). The molecular formula is C10H10N4O2. The van der Waals surface area contributed by atoms with Crippen molar-refractivity contribution < 1.29 is 4.79 Å². The number of H-pyrrole nitrogens is 1. The van der Waals surface area contributed by atoms with Crippen molar-refractivity contribution in [1.82, 2.24) is 10.2 Å². The number of nitrogens with zero attached hydrogens (tertiary/aromatic N) is 2. The molecule has 0 aromatic carbocycles.